The maximum Gasteiger partial charge on any atom is 0.338 e. The zero-order valence-electron chi connectivity index (χ0n) is 21.6. The van der Waals surface area contributed by atoms with Crippen molar-refractivity contribution >= 4 is 52.2 Å². The number of esters is 1. The maximum atomic E-state index is 12.4. The second-order valence-corrected chi connectivity index (χ2v) is 9.68. The average Bonchev–Trinajstić information content (AvgIpc) is 3.59. The van der Waals surface area contributed by atoms with Crippen LogP contribution in [0.15, 0.2) is 83.4 Å². The summed E-state index contributed by atoms with van der Waals surface area (Å²) in [6.07, 6.45) is 1.72. The first kappa shape index (κ1) is 27.3. The van der Waals surface area contributed by atoms with E-state index in [1.165, 1.54) is 14.2 Å². The normalized spacial score (nSPS) is 16.5. The lowest BCUT2D eigenvalue weighted by atomic mass is 10.0. The van der Waals surface area contributed by atoms with E-state index < -0.39 is 12.0 Å². The van der Waals surface area contributed by atoms with Crippen LogP contribution in [0.3, 0.4) is 0 Å². The topological polar surface area (TPSA) is 106 Å². The molecule has 9 nitrogen and oxygen atoms in total. The standard InChI is InChI=1S/C29H25ClN4O5S/c1-37-16-25(35)32-21-11-10-17(15-20(21)30)34-27(26(33-29(34)40)22-9-5-6-14-31-22)24-13-12-23(39-24)18-7-3-4-8-19(18)28(36)38-2/h3-15,26-27H,16H2,1-2H3,(H,32,35)(H,33,40)/t26-,27+/m0/s1. The van der Waals surface area contributed by atoms with E-state index in [-0.39, 0.29) is 18.6 Å². The molecular weight excluding hydrogens is 552 g/mol. The molecule has 0 aliphatic carbocycles. The van der Waals surface area contributed by atoms with Crippen LogP contribution < -0.4 is 15.5 Å². The number of halogens is 1. The number of pyridine rings is 1. The molecule has 3 heterocycles. The van der Waals surface area contributed by atoms with Crippen LogP contribution in [-0.4, -0.2) is 42.8 Å². The summed E-state index contributed by atoms with van der Waals surface area (Å²) < 4.78 is 16.2. The molecule has 0 saturated carbocycles. The lowest BCUT2D eigenvalue weighted by Crippen LogP contribution is -2.29. The minimum absolute atomic E-state index is 0.0913. The highest BCUT2D eigenvalue weighted by molar-refractivity contribution is 7.80. The zero-order chi connectivity index (χ0) is 28.2. The first-order valence-electron chi connectivity index (χ1n) is 12.3. The molecule has 11 heteroatoms. The number of ether oxygens (including phenoxy) is 2. The van der Waals surface area contributed by atoms with Gasteiger partial charge in [-0.1, -0.05) is 35.9 Å². The second-order valence-electron chi connectivity index (χ2n) is 8.88. The van der Waals surface area contributed by atoms with Crippen LogP contribution in [0.1, 0.15) is 33.9 Å². The summed E-state index contributed by atoms with van der Waals surface area (Å²) in [7, 11) is 2.78. The number of methoxy groups -OCH3 is 2. The van der Waals surface area contributed by atoms with Crippen molar-refractivity contribution in [1.82, 2.24) is 10.3 Å². The van der Waals surface area contributed by atoms with Crippen molar-refractivity contribution in [2.45, 2.75) is 12.1 Å². The number of furan rings is 1. The van der Waals surface area contributed by atoms with Gasteiger partial charge in [0.25, 0.3) is 0 Å². The van der Waals surface area contributed by atoms with Gasteiger partial charge in [0.15, 0.2) is 5.11 Å². The molecule has 1 aliphatic rings. The number of amides is 1. The van der Waals surface area contributed by atoms with Crippen LogP contribution in [0.2, 0.25) is 5.02 Å². The Morgan fingerprint density at radius 1 is 1.10 bits per heavy atom. The van der Waals surface area contributed by atoms with Gasteiger partial charge in [-0.2, -0.15) is 0 Å². The molecule has 1 fully saturated rings. The third-order valence-electron chi connectivity index (χ3n) is 6.39. The Kier molecular flexibility index (Phi) is 8.11. The number of nitrogens with zero attached hydrogens (tertiary/aromatic N) is 2. The van der Waals surface area contributed by atoms with Crippen molar-refractivity contribution in [3.8, 4) is 11.3 Å². The average molecular weight is 577 g/mol. The van der Waals surface area contributed by atoms with E-state index in [0.717, 1.165) is 5.69 Å². The minimum atomic E-state index is -0.461. The van der Waals surface area contributed by atoms with E-state index in [9.17, 15) is 9.59 Å². The summed E-state index contributed by atoms with van der Waals surface area (Å²) in [6, 6.07) is 20.8. The molecule has 204 valence electrons. The summed E-state index contributed by atoms with van der Waals surface area (Å²) in [5.41, 5.74) is 2.89. The van der Waals surface area contributed by atoms with Crippen molar-refractivity contribution in [1.29, 1.82) is 0 Å². The number of carbonyl (C=O) groups excluding carboxylic acids is 2. The van der Waals surface area contributed by atoms with Gasteiger partial charge >= 0.3 is 5.97 Å². The van der Waals surface area contributed by atoms with Gasteiger partial charge in [-0.25, -0.2) is 4.79 Å². The first-order chi connectivity index (χ1) is 19.4. The number of carbonyl (C=O) groups is 2. The van der Waals surface area contributed by atoms with Crippen molar-refractivity contribution in [2.75, 3.05) is 31.0 Å². The second kappa shape index (κ2) is 11.9. The van der Waals surface area contributed by atoms with Crippen LogP contribution in [0, 0.1) is 0 Å². The molecule has 5 rings (SSSR count). The SMILES string of the molecule is COCC(=O)Nc1ccc(N2C(=S)N[C@@H](c3ccccn3)[C@H]2c2ccc(-c3ccccc3C(=O)OC)o2)cc1Cl. The van der Waals surface area contributed by atoms with Crippen LogP contribution >= 0.6 is 23.8 Å². The molecule has 0 unspecified atom stereocenters. The lowest BCUT2D eigenvalue weighted by molar-refractivity contribution is -0.119. The molecule has 40 heavy (non-hydrogen) atoms. The molecule has 1 amide bonds. The largest absolute Gasteiger partial charge is 0.465 e. The number of hydrogen-bond donors (Lipinski definition) is 2. The van der Waals surface area contributed by atoms with Gasteiger partial charge in [0.1, 0.15) is 24.2 Å². The number of benzene rings is 2. The number of nitrogens with one attached hydrogen (secondary N) is 2. The highest BCUT2D eigenvalue weighted by Gasteiger charge is 2.43. The van der Waals surface area contributed by atoms with Gasteiger partial charge < -0.3 is 29.4 Å². The van der Waals surface area contributed by atoms with E-state index in [1.54, 1.807) is 36.5 Å². The summed E-state index contributed by atoms with van der Waals surface area (Å²) in [5.74, 6) is 0.311. The quantitative estimate of drug-likeness (QED) is 0.206. The molecule has 1 aliphatic heterocycles. The van der Waals surface area contributed by atoms with Gasteiger partial charge in [-0.15, -0.1) is 0 Å². The summed E-state index contributed by atoms with van der Waals surface area (Å²) >= 11 is 12.3. The van der Waals surface area contributed by atoms with Gasteiger partial charge in [0, 0.05) is 24.6 Å². The molecular formula is C29H25ClN4O5S. The monoisotopic (exact) mass is 576 g/mol. The molecule has 1 saturated heterocycles. The Morgan fingerprint density at radius 3 is 2.62 bits per heavy atom. The molecule has 2 N–H and O–H groups in total. The number of thiocarbonyl (C=S) groups is 1. The Balaban J connectivity index is 1.56. The molecule has 2 aromatic heterocycles. The van der Waals surface area contributed by atoms with Crippen molar-refractivity contribution in [2.24, 2.45) is 0 Å². The number of anilines is 2. The smallest absolute Gasteiger partial charge is 0.338 e. The highest BCUT2D eigenvalue weighted by atomic mass is 35.5. The van der Waals surface area contributed by atoms with Gasteiger partial charge in [-0.05, 0) is 60.7 Å². The predicted octanol–water partition coefficient (Wildman–Crippen LogP) is 5.54. The van der Waals surface area contributed by atoms with E-state index in [2.05, 4.69) is 15.6 Å². The highest BCUT2D eigenvalue weighted by Crippen LogP contribution is 2.44. The number of hydrogen-bond acceptors (Lipinski definition) is 7. The molecule has 2 aromatic carbocycles. The van der Waals surface area contributed by atoms with E-state index >= 15 is 0 Å². The van der Waals surface area contributed by atoms with Crippen LogP contribution in [0.25, 0.3) is 11.3 Å². The number of rotatable bonds is 8. The van der Waals surface area contributed by atoms with Crippen LogP contribution in [0.4, 0.5) is 11.4 Å². The first-order valence-corrected chi connectivity index (χ1v) is 13.1. The lowest BCUT2D eigenvalue weighted by Gasteiger charge is -2.26. The Hall–Kier alpha value is -4.25. The van der Waals surface area contributed by atoms with E-state index in [0.29, 0.717) is 44.2 Å². The third-order valence-corrected chi connectivity index (χ3v) is 7.02. The third kappa shape index (κ3) is 5.42. The Bertz CT molecular complexity index is 1560. The predicted molar refractivity (Wildman–Crippen MR) is 155 cm³/mol. The van der Waals surface area contributed by atoms with Crippen molar-refractivity contribution < 1.29 is 23.5 Å². The van der Waals surface area contributed by atoms with Crippen molar-refractivity contribution in [3.05, 3.63) is 101 Å². The minimum Gasteiger partial charge on any atom is -0.465 e. The molecule has 4 aromatic rings. The fourth-order valence-corrected chi connectivity index (χ4v) is 5.20. The molecule has 0 radical (unpaired) electrons. The van der Waals surface area contributed by atoms with Crippen LogP contribution in [0.5, 0.6) is 0 Å². The fourth-order valence-electron chi connectivity index (χ4n) is 4.64. The van der Waals surface area contributed by atoms with Crippen molar-refractivity contribution in [3.63, 3.8) is 0 Å². The molecule has 0 bridgehead atoms. The zero-order valence-corrected chi connectivity index (χ0v) is 23.2. The van der Waals surface area contributed by atoms with Crippen LogP contribution in [-0.2, 0) is 14.3 Å². The van der Waals surface area contributed by atoms with Gasteiger partial charge in [0.2, 0.25) is 5.91 Å². The van der Waals surface area contributed by atoms with E-state index in [1.807, 2.05) is 47.4 Å². The molecule has 2 atom stereocenters. The van der Waals surface area contributed by atoms with Gasteiger partial charge in [-0.3, -0.25) is 9.78 Å². The summed E-state index contributed by atoms with van der Waals surface area (Å²) in [6.45, 7) is -0.0913. The molecule has 0 spiro atoms. The van der Waals surface area contributed by atoms with Gasteiger partial charge in [0.05, 0.1) is 35.1 Å². The summed E-state index contributed by atoms with van der Waals surface area (Å²) in [4.78, 5) is 30.9. The number of aromatic nitrogens is 1. The van der Waals surface area contributed by atoms with E-state index in [4.69, 9.17) is 37.7 Å². The maximum absolute atomic E-state index is 12.4. The Labute approximate surface area is 241 Å². The fraction of sp³-hybridized carbons (Fsp3) is 0.172. The Morgan fingerprint density at radius 2 is 1.90 bits per heavy atom. The summed E-state index contributed by atoms with van der Waals surface area (Å²) in [5, 5.41) is 6.87.